The van der Waals surface area contributed by atoms with Crippen molar-refractivity contribution in [1.82, 2.24) is 9.88 Å². The van der Waals surface area contributed by atoms with E-state index in [0.717, 1.165) is 12.1 Å². The third-order valence-electron chi connectivity index (χ3n) is 3.11. The van der Waals surface area contributed by atoms with Gasteiger partial charge in [-0.2, -0.15) is 0 Å². The van der Waals surface area contributed by atoms with Crippen LogP contribution in [0.3, 0.4) is 0 Å². The number of anilines is 1. The molecule has 17 heavy (non-hydrogen) atoms. The molecule has 0 atom stereocenters. The van der Waals surface area contributed by atoms with Crippen LogP contribution in [0.15, 0.2) is 12.3 Å². The van der Waals surface area contributed by atoms with Crippen LogP contribution in [-0.2, 0) is 0 Å². The minimum Gasteiger partial charge on any atom is -0.475 e. The van der Waals surface area contributed by atoms with Crippen LogP contribution in [-0.4, -0.2) is 36.1 Å². The number of ether oxygens (including phenoxy) is 1. The Morgan fingerprint density at radius 2 is 2.12 bits per heavy atom. The van der Waals surface area contributed by atoms with Crippen molar-refractivity contribution >= 4 is 5.69 Å². The predicted molar refractivity (Wildman–Crippen MR) is 69.2 cm³/mol. The molecule has 0 radical (unpaired) electrons. The number of nitrogens with two attached hydrogens (primary N) is 1. The van der Waals surface area contributed by atoms with Crippen LogP contribution in [0.25, 0.3) is 0 Å². The standard InChI is InChI=1S/C13H21N3O/c1-11-9-12(14)13(15-10-11)17-8-7-16-5-3-2-4-6-16/h9-10H,2-8,14H2,1H3. The maximum atomic E-state index is 5.84. The minimum atomic E-state index is 0.563. The van der Waals surface area contributed by atoms with Crippen molar-refractivity contribution in [3.63, 3.8) is 0 Å². The summed E-state index contributed by atoms with van der Waals surface area (Å²) in [6.45, 7) is 6.00. The highest BCUT2D eigenvalue weighted by atomic mass is 16.5. The van der Waals surface area contributed by atoms with Crippen molar-refractivity contribution in [2.75, 3.05) is 32.0 Å². The summed E-state index contributed by atoms with van der Waals surface area (Å²) in [5.41, 5.74) is 7.53. The van der Waals surface area contributed by atoms with Gasteiger partial charge in [0.15, 0.2) is 0 Å². The van der Waals surface area contributed by atoms with Gasteiger partial charge in [0.2, 0.25) is 5.88 Å². The second-order valence-electron chi connectivity index (χ2n) is 4.66. The zero-order valence-corrected chi connectivity index (χ0v) is 10.5. The van der Waals surface area contributed by atoms with Crippen molar-refractivity contribution in [3.8, 4) is 5.88 Å². The van der Waals surface area contributed by atoms with Gasteiger partial charge < -0.3 is 10.5 Å². The largest absolute Gasteiger partial charge is 0.475 e. The number of hydrogen-bond acceptors (Lipinski definition) is 4. The van der Waals surface area contributed by atoms with Gasteiger partial charge in [-0.1, -0.05) is 6.42 Å². The van der Waals surface area contributed by atoms with E-state index in [1.54, 1.807) is 6.20 Å². The van der Waals surface area contributed by atoms with Gasteiger partial charge in [0.25, 0.3) is 0 Å². The number of hydrogen-bond donors (Lipinski definition) is 1. The molecule has 2 N–H and O–H groups in total. The first-order valence-electron chi connectivity index (χ1n) is 6.33. The molecule has 1 fully saturated rings. The molecule has 0 spiro atoms. The van der Waals surface area contributed by atoms with Crippen molar-refractivity contribution in [2.45, 2.75) is 26.2 Å². The van der Waals surface area contributed by atoms with Crippen molar-refractivity contribution in [3.05, 3.63) is 17.8 Å². The first-order chi connectivity index (χ1) is 8.25. The van der Waals surface area contributed by atoms with Gasteiger partial charge in [0.1, 0.15) is 6.61 Å². The molecular formula is C13H21N3O. The van der Waals surface area contributed by atoms with E-state index in [4.69, 9.17) is 10.5 Å². The van der Waals surface area contributed by atoms with Crippen LogP contribution in [0.4, 0.5) is 5.69 Å². The summed E-state index contributed by atoms with van der Waals surface area (Å²) in [6, 6.07) is 1.89. The summed E-state index contributed by atoms with van der Waals surface area (Å²) in [4.78, 5) is 6.63. The van der Waals surface area contributed by atoms with E-state index in [0.29, 0.717) is 18.2 Å². The molecule has 0 aromatic carbocycles. The van der Waals surface area contributed by atoms with E-state index < -0.39 is 0 Å². The molecule has 4 nitrogen and oxygen atoms in total. The number of aromatic nitrogens is 1. The Morgan fingerprint density at radius 3 is 2.82 bits per heavy atom. The maximum absolute atomic E-state index is 5.84. The summed E-state index contributed by atoms with van der Waals surface area (Å²) in [5.74, 6) is 0.563. The lowest BCUT2D eigenvalue weighted by molar-refractivity contribution is 0.181. The maximum Gasteiger partial charge on any atom is 0.237 e. The van der Waals surface area contributed by atoms with Gasteiger partial charge in [-0.15, -0.1) is 0 Å². The molecule has 0 aliphatic carbocycles. The molecule has 4 heteroatoms. The highest BCUT2D eigenvalue weighted by molar-refractivity contribution is 5.49. The molecular weight excluding hydrogens is 214 g/mol. The second kappa shape index (κ2) is 5.87. The smallest absolute Gasteiger partial charge is 0.237 e. The van der Waals surface area contributed by atoms with Crippen molar-refractivity contribution in [2.24, 2.45) is 0 Å². The lowest BCUT2D eigenvalue weighted by atomic mass is 10.1. The Morgan fingerprint density at radius 1 is 1.35 bits per heavy atom. The molecule has 0 saturated carbocycles. The third kappa shape index (κ3) is 3.60. The van der Waals surface area contributed by atoms with E-state index >= 15 is 0 Å². The highest BCUT2D eigenvalue weighted by Gasteiger charge is 2.10. The van der Waals surface area contributed by atoms with E-state index in [9.17, 15) is 0 Å². The quantitative estimate of drug-likeness (QED) is 0.865. The molecule has 1 saturated heterocycles. The molecule has 0 amide bonds. The SMILES string of the molecule is Cc1cnc(OCCN2CCCCC2)c(N)c1. The summed E-state index contributed by atoms with van der Waals surface area (Å²) in [5, 5.41) is 0. The number of likely N-dealkylation sites (tertiary alicyclic amines) is 1. The highest BCUT2D eigenvalue weighted by Crippen LogP contribution is 2.18. The summed E-state index contributed by atoms with van der Waals surface area (Å²) in [6.07, 6.45) is 5.77. The van der Waals surface area contributed by atoms with Gasteiger partial charge in [0, 0.05) is 12.7 Å². The monoisotopic (exact) mass is 235 g/mol. The lowest BCUT2D eigenvalue weighted by Crippen LogP contribution is -2.33. The fourth-order valence-corrected chi connectivity index (χ4v) is 2.15. The Bertz CT molecular complexity index is 362. The van der Waals surface area contributed by atoms with Crippen LogP contribution < -0.4 is 10.5 Å². The lowest BCUT2D eigenvalue weighted by Gasteiger charge is -2.26. The number of piperidine rings is 1. The summed E-state index contributed by atoms with van der Waals surface area (Å²) in [7, 11) is 0. The van der Waals surface area contributed by atoms with E-state index in [-0.39, 0.29) is 0 Å². The zero-order chi connectivity index (χ0) is 12.1. The number of nitrogen functional groups attached to an aromatic ring is 1. The number of aryl methyl sites for hydroxylation is 1. The Hall–Kier alpha value is -1.29. The third-order valence-corrected chi connectivity index (χ3v) is 3.11. The van der Waals surface area contributed by atoms with Crippen molar-refractivity contribution in [1.29, 1.82) is 0 Å². The van der Waals surface area contributed by atoms with E-state index in [1.807, 2.05) is 13.0 Å². The topological polar surface area (TPSA) is 51.4 Å². The molecule has 1 aromatic rings. The Labute approximate surface area is 103 Å². The van der Waals surface area contributed by atoms with Crippen LogP contribution in [0.1, 0.15) is 24.8 Å². The normalized spacial score (nSPS) is 17.0. The fraction of sp³-hybridized carbons (Fsp3) is 0.615. The Kier molecular flexibility index (Phi) is 4.20. The number of rotatable bonds is 4. The van der Waals surface area contributed by atoms with Gasteiger partial charge in [0.05, 0.1) is 5.69 Å². The average Bonchev–Trinajstić information content (AvgIpc) is 2.33. The summed E-state index contributed by atoms with van der Waals surface area (Å²) >= 11 is 0. The number of nitrogens with zero attached hydrogens (tertiary/aromatic N) is 2. The van der Waals surface area contributed by atoms with Crippen LogP contribution in [0, 0.1) is 6.92 Å². The van der Waals surface area contributed by atoms with Crippen molar-refractivity contribution < 1.29 is 4.74 Å². The van der Waals surface area contributed by atoms with Gasteiger partial charge >= 0.3 is 0 Å². The Balaban J connectivity index is 1.77. The summed E-state index contributed by atoms with van der Waals surface area (Å²) < 4.78 is 5.62. The second-order valence-corrected chi connectivity index (χ2v) is 4.66. The molecule has 2 rings (SSSR count). The molecule has 1 aliphatic rings. The average molecular weight is 235 g/mol. The van der Waals surface area contributed by atoms with Gasteiger partial charge in [-0.05, 0) is 44.5 Å². The van der Waals surface area contributed by atoms with Crippen LogP contribution in [0.2, 0.25) is 0 Å². The predicted octanol–water partition coefficient (Wildman–Crippen LogP) is 1.84. The first kappa shape index (κ1) is 12.2. The van der Waals surface area contributed by atoms with Crippen LogP contribution in [0.5, 0.6) is 5.88 Å². The molecule has 2 heterocycles. The molecule has 1 aliphatic heterocycles. The number of pyridine rings is 1. The molecule has 1 aromatic heterocycles. The molecule has 0 bridgehead atoms. The van der Waals surface area contributed by atoms with Crippen LogP contribution >= 0.6 is 0 Å². The zero-order valence-electron chi connectivity index (χ0n) is 10.5. The van der Waals surface area contributed by atoms with Gasteiger partial charge in [-0.25, -0.2) is 4.98 Å². The first-order valence-corrected chi connectivity index (χ1v) is 6.33. The molecule has 0 unspecified atom stereocenters. The molecule has 94 valence electrons. The van der Waals surface area contributed by atoms with Gasteiger partial charge in [-0.3, -0.25) is 4.90 Å². The van der Waals surface area contributed by atoms with E-state index in [2.05, 4.69) is 9.88 Å². The minimum absolute atomic E-state index is 0.563. The fourth-order valence-electron chi connectivity index (χ4n) is 2.15. The van der Waals surface area contributed by atoms with E-state index in [1.165, 1.54) is 32.4 Å².